The summed E-state index contributed by atoms with van der Waals surface area (Å²) in [5, 5.41) is 0. The van der Waals surface area contributed by atoms with Crippen molar-refractivity contribution >= 4 is 23.4 Å². The number of anilines is 1. The Kier molecular flexibility index (Phi) is 5.77. The third kappa shape index (κ3) is 4.03. The molecule has 1 fully saturated rings. The monoisotopic (exact) mass is 384 g/mol. The molecule has 1 atom stereocenters. The van der Waals surface area contributed by atoms with Gasteiger partial charge in [0.05, 0.1) is 18.3 Å². The molecule has 1 aliphatic carbocycles. The molecule has 27 heavy (non-hydrogen) atoms. The van der Waals surface area contributed by atoms with Gasteiger partial charge in [0.15, 0.2) is 0 Å². The Morgan fingerprint density at radius 1 is 1.22 bits per heavy atom. The average Bonchev–Trinajstić information content (AvgIpc) is 2.74. The lowest BCUT2D eigenvalue weighted by Gasteiger charge is -2.37. The Morgan fingerprint density at radius 2 is 2.07 bits per heavy atom. The van der Waals surface area contributed by atoms with E-state index in [1.54, 1.807) is 0 Å². The van der Waals surface area contributed by atoms with E-state index in [1.807, 2.05) is 28.8 Å². The standard InChI is InChI=1S/C22H28N2O2S/c1-27-16-17-5-8-19(9-6-17)24-13-14-26-21-15-18(7-10-20(21)24)22(25)23-11-3-2-4-12-23/h5-8,10,15,19H,2-4,9,11-14,16H2,1H3. The molecular weight excluding hydrogens is 356 g/mol. The summed E-state index contributed by atoms with van der Waals surface area (Å²) in [5.41, 5.74) is 3.27. The van der Waals surface area contributed by atoms with Crippen molar-refractivity contribution in [1.29, 1.82) is 0 Å². The number of carbonyl (C=O) groups excluding carboxylic acids is 1. The zero-order chi connectivity index (χ0) is 18.6. The molecule has 1 aromatic carbocycles. The van der Waals surface area contributed by atoms with Crippen LogP contribution in [0.4, 0.5) is 5.69 Å². The van der Waals surface area contributed by atoms with Crippen LogP contribution < -0.4 is 9.64 Å². The van der Waals surface area contributed by atoms with Crippen LogP contribution in [0.3, 0.4) is 0 Å². The molecule has 0 aromatic heterocycles. The van der Waals surface area contributed by atoms with Crippen LogP contribution >= 0.6 is 11.8 Å². The molecule has 0 radical (unpaired) electrons. The van der Waals surface area contributed by atoms with Gasteiger partial charge < -0.3 is 14.5 Å². The summed E-state index contributed by atoms with van der Waals surface area (Å²) >= 11 is 1.86. The molecular formula is C22H28N2O2S. The number of likely N-dealkylation sites (tertiary alicyclic amines) is 1. The smallest absolute Gasteiger partial charge is 0.253 e. The summed E-state index contributed by atoms with van der Waals surface area (Å²) < 4.78 is 5.93. The number of amides is 1. The number of fused-ring (bicyclic) bond motifs is 1. The molecule has 1 amide bonds. The number of hydrogen-bond donors (Lipinski definition) is 0. The molecule has 4 rings (SSSR count). The molecule has 144 valence electrons. The first-order valence-electron chi connectivity index (χ1n) is 9.95. The Balaban J connectivity index is 1.50. The van der Waals surface area contributed by atoms with Gasteiger partial charge in [0.1, 0.15) is 12.4 Å². The number of ether oxygens (including phenoxy) is 1. The van der Waals surface area contributed by atoms with E-state index < -0.39 is 0 Å². The van der Waals surface area contributed by atoms with E-state index in [-0.39, 0.29) is 5.91 Å². The average molecular weight is 385 g/mol. The van der Waals surface area contributed by atoms with Crippen LogP contribution in [0, 0.1) is 0 Å². The normalized spacial score (nSPS) is 22.1. The zero-order valence-electron chi connectivity index (χ0n) is 16.0. The highest BCUT2D eigenvalue weighted by atomic mass is 32.2. The maximum Gasteiger partial charge on any atom is 0.253 e. The number of hydrogen-bond acceptors (Lipinski definition) is 4. The molecule has 0 spiro atoms. The number of benzene rings is 1. The molecule has 0 saturated carbocycles. The minimum Gasteiger partial charge on any atom is -0.490 e. The molecule has 1 saturated heterocycles. The molecule has 5 heteroatoms. The van der Waals surface area contributed by atoms with Crippen molar-refractivity contribution in [2.24, 2.45) is 0 Å². The lowest BCUT2D eigenvalue weighted by Crippen LogP contribution is -2.41. The topological polar surface area (TPSA) is 32.8 Å². The second kappa shape index (κ2) is 8.42. The van der Waals surface area contributed by atoms with Crippen LogP contribution in [-0.4, -0.2) is 55.1 Å². The number of carbonyl (C=O) groups is 1. The van der Waals surface area contributed by atoms with Crippen LogP contribution in [0.5, 0.6) is 5.75 Å². The summed E-state index contributed by atoms with van der Waals surface area (Å²) in [4.78, 5) is 17.2. The van der Waals surface area contributed by atoms with E-state index in [1.165, 1.54) is 12.0 Å². The molecule has 4 nitrogen and oxygen atoms in total. The molecule has 1 aromatic rings. The number of rotatable bonds is 4. The Bertz CT molecular complexity index is 753. The van der Waals surface area contributed by atoms with Gasteiger partial charge in [-0.15, -0.1) is 0 Å². The van der Waals surface area contributed by atoms with Crippen LogP contribution in [0.25, 0.3) is 0 Å². The first kappa shape index (κ1) is 18.5. The molecule has 2 aliphatic heterocycles. The predicted molar refractivity (Wildman–Crippen MR) is 113 cm³/mol. The predicted octanol–water partition coefficient (Wildman–Crippen LogP) is 4.13. The number of piperidine rings is 1. The molecule has 0 bridgehead atoms. The third-order valence-corrected chi connectivity index (χ3v) is 6.24. The van der Waals surface area contributed by atoms with E-state index in [4.69, 9.17) is 4.74 Å². The van der Waals surface area contributed by atoms with Gasteiger partial charge in [-0.2, -0.15) is 11.8 Å². The first-order valence-corrected chi connectivity index (χ1v) is 11.3. The number of nitrogens with zero attached hydrogens (tertiary/aromatic N) is 2. The Hall–Kier alpha value is -1.88. The maximum atomic E-state index is 12.8. The van der Waals surface area contributed by atoms with Crippen LogP contribution in [0.2, 0.25) is 0 Å². The van der Waals surface area contributed by atoms with Crippen LogP contribution in [0.1, 0.15) is 36.0 Å². The summed E-state index contributed by atoms with van der Waals surface area (Å²) in [6.45, 7) is 3.30. The lowest BCUT2D eigenvalue weighted by molar-refractivity contribution is 0.0724. The summed E-state index contributed by atoms with van der Waals surface area (Å²) in [5.74, 6) is 2.06. The highest BCUT2D eigenvalue weighted by Crippen LogP contribution is 2.36. The number of thioether (sulfide) groups is 1. The van der Waals surface area contributed by atoms with Crippen molar-refractivity contribution in [1.82, 2.24) is 4.90 Å². The summed E-state index contributed by atoms with van der Waals surface area (Å²) in [7, 11) is 0. The molecule has 3 aliphatic rings. The van der Waals surface area contributed by atoms with Crippen LogP contribution in [0.15, 0.2) is 42.0 Å². The molecule has 1 unspecified atom stereocenters. The van der Waals surface area contributed by atoms with Gasteiger partial charge in [0, 0.05) is 24.4 Å². The maximum absolute atomic E-state index is 12.8. The second-order valence-electron chi connectivity index (χ2n) is 7.45. The van der Waals surface area contributed by atoms with Gasteiger partial charge in [-0.25, -0.2) is 0 Å². The van der Waals surface area contributed by atoms with E-state index >= 15 is 0 Å². The number of allylic oxidation sites excluding steroid dienone is 1. The van der Waals surface area contributed by atoms with Gasteiger partial charge in [0.25, 0.3) is 5.91 Å². The van der Waals surface area contributed by atoms with Gasteiger partial charge in [0.2, 0.25) is 0 Å². The zero-order valence-corrected chi connectivity index (χ0v) is 16.8. The second-order valence-corrected chi connectivity index (χ2v) is 8.32. The van der Waals surface area contributed by atoms with Gasteiger partial charge in [-0.1, -0.05) is 18.2 Å². The Labute approximate surface area is 166 Å². The minimum atomic E-state index is 0.139. The first-order chi connectivity index (χ1) is 13.3. The SMILES string of the molecule is CSCC1=CCC(N2CCOc3cc(C(=O)N4CCCCC4)ccc32)C=C1. The fraction of sp³-hybridized carbons (Fsp3) is 0.500. The minimum absolute atomic E-state index is 0.139. The quantitative estimate of drug-likeness (QED) is 0.781. The summed E-state index contributed by atoms with van der Waals surface area (Å²) in [6, 6.07) is 6.35. The summed E-state index contributed by atoms with van der Waals surface area (Å²) in [6.07, 6.45) is 13.5. The third-order valence-electron chi connectivity index (χ3n) is 5.61. The van der Waals surface area contributed by atoms with Crippen molar-refractivity contribution in [2.75, 3.05) is 43.1 Å². The van der Waals surface area contributed by atoms with E-state index in [0.717, 1.165) is 61.6 Å². The highest BCUT2D eigenvalue weighted by molar-refractivity contribution is 7.98. The van der Waals surface area contributed by atoms with Crippen molar-refractivity contribution in [2.45, 2.75) is 31.7 Å². The van der Waals surface area contributed by atoms with Crippen molar-refractivity contribution in [3.05, 3.63) is 47.6 Å². The van der Waals surface area contributed by atoms with Crippen molar-refractivity contribution in [3.8, 4) is 5.75 Å². The van der Waals surface area contributed by atoms with Crippen LogP contribution in [-0.2, 0) is 0 Å². The largest absolute Gasteiger partial charge is 0.490 e. The van der Waals surface area contributed by atoms with E-state index in [2.05, 4.69) is 35.5 Å². The van der Waals surface area contributed by atoms with E-state index in [9.17, 15) is 4.79 Å². The van der Waals surface area contributed by atoms with Gasteiger partial charge in [-0.3, -0.25) is 4.79 Å². The molecule has 2 heterocycles. The fourth-order valence-corrected chi connectivity index (χ4v) is 4.70. The highest BCUT2D eigenvalue weighted by Gasteiger charge is 2.26. The van der Waals surface area contributed by atoms with E-state index in [0.29, 0.717) is 12.6 Å². The Morgan fingerprint density at radius 3 is 2.81 bits per heavy atom. The lowest BCUT2D eigenvalue weighted by atomic mass is 10.0. The molecule has 0 N–H and O–H groups in total. The van der Waals surface area contributed by atoms with Crippen molar-refractivity contribution in [3.63, 3.8) is 0 Å². The van der Waals surface area contributed by atoms with Crippen molar-refractivity contribution < 1.29 is 9.53 Å². The van der Waals surface area contributed by atoms with Gasteiger partial charge >= 0.3 is 0 Å². The fourth-order valence-electron chi connectivity index (χ4n) is 4.16. The van der Waals surface area contributed by atoms with Gasteiger partial charge in [-0.05, 0) is 55.7 Å².